The highest BCUT2D eigenvalue weighted by Gasteiger charge is 2.18. The number of aryl methyl sites for hydroxylation is 2. The van der Waals surface area contributed by atoms with Gasteiger partial charge in [0.25, 0.3) is 0 Å². The highest BCUT2D eigenvalue weighted by atomic mass is 32.1. The summed E-state index contributed by atoms with van der Waals surface area (Å²) in [5, 5.41) is 19.5. The van der Waals surface area contributed by atoms with Gasteiger partial charge in [0.15, 0.2) is 0 Å². The lowest BCUT2D eigenvalue weighted by Crippen LogP contribution is -2.14. The number of hydrogen-bond acceptors (Lipinski definition) is 8. The summed E-state index contributed by atoms with van der Waals surface area (Å²) >= 11 is 3.39. The van der Waals surface area contributed by atoms with Crippen LogP contribution in [0, 0.1) is 19.8 Å². The maximum absolute atomic E-state index is 9.53. The van der Waals surface area contributed by atoms with Gasteiger partial charge in [0.1, 0.15) is 10.8 Å². The molecule has 0 aliphatic rings. The fourth-order valence-corrected chi connectivity index (χ4v) is 5.46. The van der Waals surface area contributed by atoms with E-state index in [4.69, 9.17) is 15.0 Å². The molecule has 0 aliphatic heterocycles. The third-order valence-corrected chi connectivity index (χ3v) is 7.59. The average Bonchev–Trinajstić information content (AvgIpc) is 3.47. The van der Waals surface area contributed by atoms with Crippen molar-refractivity contribution in [3.63, 3.8) is 0 Å². The summed E-state index contributed by atoms with van der Waals surface area (Å²) in [6.07, 6.45) is 1.84. The van der Waals surface area contributed by atoms with E-state index in [9.17, 15) is 5.11 Å². The second-order valence-corrected chi connectivity index (χ2v) is 9.99. The van der Waals surface area contributed by atoms with E-state index in [2.05, 4.69) is 42.0 Å². The van der Waals surface area contributed by atoms with Crippen molar-refractivity contribution in [3.8, 4) is 10.6 Å². The molecule has 34 heavy (non-hydrogen) atoms. The fourth-order valence-electron chi connectivity index (χ4n) is 3.58. The third kappa shape index (κ3) is 6.52. The first kappa shape index (κ1) is 26.1. The van der Waals surface area contributed by atoms with Crippen LogP contribution in [0.2, 0.25) is 0 Å². The van der Waals surface area contributed by atoms with Crippen molar-refractivity contribution in [1.29, 1.82) is 0 Å². The quantitative estimate of drug-likeness (QED) is 0.221. The SMILES string of the molecule is CC.CCC(CO)CCNc1nc(NCc2cc(C)cs2)nc(C)c1-c1nc2ccccc2s1. The van der Waals surface area contributed by atoms with Gasteiger partial charge >= 0.3 is 0 Å². The molecule has 6 nitrogen and oxygen atoms in total. The fraction of sp³-hybridized carbons (Fsp3) is 0.423. The van der Waals surface area contributed by atoms with Gasteiger partial charge < -0.3 is 15.7 Å². The van der Waals surface area contributed by atoms with E-state index in [0.717, 1.165) is 51.7 Å². The van der Waals surface area contributed by atoms with Gasteiger partial charge in [-0.15, -0.1) is 22.7 Å². The van der Waals surface area contributed by atoms with E-state index >= 15 is 0 Å². The number of nitrogens with one attached hydrogen (secondary N) is 2. The number of rotatable bonds is 10. The van der Waals surface area contributed by atoms with Crippen LogP contribution in [0.1, 0.15) is 49.7 Å². The van der Waals surface area contributed by atoms with E-state index in [1.165, 1.54) is 10.4 Å². The number of nitrogens with zero attached hydrogens (tertiary/aromatic N) is 3. The van der Waals surface area contributed by atoms with Crippen molar-refractivity contribution in [2.24, 2.45) is 5.92 Å². The monoisotopic (exact) mass is 497 g/mol. The Labute approximate surface area is 210 Å². The van der Waals surface area contributed by atoms with Crippen molar-refractivity contribution >= 4 is 44.7 Å². The minimum absolute atomic E-state index is 0.207. The third-order valence-electron chi connectivity index (χ3n) is 5.48. The number of aromatic nitrogens is 3. The highest BCUT2D eigenvalue weighted by Crippen LogP contribution is 2.36. The number of fused-ring (bicyclic) bond motifs is 1. The first-order valence-electron chi connectivity index (χ1n) is 11.9. The van der Waals surface area contributed by atoms with E-state index in [1.54, 1.807) is 22.7 Å². The minimum Gasteiger partial charge on any atom is -0.396 e. The molecule has 3 aromatic heterocycles. The molecule has 182 valence electrons. The van der Waals surface area contributed by atoms with Crippen LogP contribution in [0.5, 0.6) is 0 Å². The molecule has 1 atom stereocenters. The Balaban J connectivity index is 0.00000158. The van der Waals surface area contributed by atoms with E-state index in [1.807, 2.05) is 39.0 Å². The number of aliphatic hydroxyl groups is 1. The van der Waals surface area contributed by atoms with E-state index < -0.39 is 0 Å². The van der Waals surface area contributed by atoms with Gasteiger partial charge in [-0.1, -0.05) is 39.3 Å². The molecule has 3 heterocycles. The number of anilines is 2. The molecule has 0 radical (unpaired) electrons. The van der Waals surface area contributed by atoms with Crippen molar-refractivity contribution < 1.29 is 5.11 Å². The second kappa shape index (κ2) is 12.8. The predicted octanol–water partition coefficient (Wildman–Crippen LogP) is 6.89. The second-order valence-electron chi connectivity index (χ2n) is 7.96. The summed E-state index contributed by atoms with van der Waals surface area (Å²) < 4.78 is 1.15. The van der Waals surface area contributed by atoms with Crippen molar-refractivity contribution in [3.05, 3.63) is 51.8 Å². The summed E-state index contributed by atoms with van der Waals surface area (Å²) in [5.41, 5.74) is 4.09. The van der Waals surface area contributed by atoms with Gasteiger partial charge in [0.2, 0.25) is 5.95 Å². The lowest BCUT2D eigenvalue weighted by molar-refractivity contribution is 0.217. The summed E-state index contributed by atoms with van der Waals surface area (Å²) in [7, 11) is 0. The highest BCUT2D eigenvalue weighted by molar-refractivity contribution is 7.21. The molecule has 8 heteroatoms. The molecule has 0 amide bonds. The van der Waals surface area contributed by atoms with Gasteiger partial charge in [-0.3, -0.25) is 0 Å². The van der Waals surface area contributed by atoms with E-state index in [0.29, 0.717) is 12.5 Å². The number of benzene rings is 1. The zero-order chi connectivity index (χ0) is 24.5. The maximum atomic E-state index is 9.53. The molecule has 4 rings (SSSR count). The molecule has 0 fully saturated rings. The molecule has 1 unspecified atom stereocenters. The van der Waals surface area contributed by atoms with Gasteiger partial charge in [-0.25, -0.2) is 9.97 Å². The Morgan fingerprint density at radius 1 is 1.06 bits per heavy atom. The smallest absolute Gasteiger partial charge is 0.225 e. The molecule has 0 saturated carbocycles. The molecule has 0 spiro atoms. The lowest BCUT2D eigenvalue weighted by atomic mass is 10.0. The molecule has 1 aromatic carbocycles. The van der Waals surface area contributed by atoms with Crippen LogP contribution in [0.4, 0.5) is 11.8 Å². The summed E-state index contributed by atoms with van der Waals surface area (Å²) in [5.74, 6) is 1.68. The van der Waals surface area contributed by atoms with Crippen molar-refractivity contribution in [1.82, 2.24) is 15.0 Å². The van der Waals surface area contributed by atoms with Crippen LogP contribution in [-0.2, 0) is 6.54 Å². The zero-order valence-corrected chi connectivity index (χ0v) is 22.3. The first-order valence-corrected chi connectivity index (χ1v) is 13.6. The largest absolute Gasteiger partial charge is 0.396 e. The molecular formula is C26H35N5OS2. The predicted molar refractivity (Wildman–Crippen MR) is 147 cm³/mol. The average molecular weight is 498 g/mol. The summed E-state index contributed by atoms with van der Waals surface area (Å²) in [6.45, 7) is 11.9. The van der Waals surface area contributed by atoms with Crippen molar-refractivity contribution in [2.45, 2.75) is 54.0 Å². The number of aliphatic hydroxyl groups excluding tert-OH is 1. The lowest BCUT2D eigenvalue weighted by Gasteiger charge is -2.16. The Morgan fingerprint density at radius 2 is 1.85 bits per heavy atom. The van der Waals surface area contributed by atoms with Gasteiger partial charge in [0.05, 0.1) is 28.0 Å². The number of hydrogen-bond donors (Lipinski definition) is 3. The molecule has 0 aliphatic carbocycles. The summed E-state index contributed by atoms with van der Waals surface area (Å²) in [4.78, 5) is 15.7. The van der Waals surface area contributed by atoms with Crippen LogP contribution in [0.25, 0.3) is 20.8 Å². The topological polar surface area (TPSA) is 83.0 Å². The van der Waals surface area contributed by atoms with Crippen LogP contribution >= 0.6 is 22.7 Å². The van der Waals surface area contributed by atoms with Gasteiger partial charge in [-0.2, -0.15) is 4.98 Å². The van der Waals surface area contributed by atoms with Crippen molar-refractivity contribution in [2.75, 3.05) is 23.8 Å². The van der Waals surface area contributed by atoms with Crippen LogP contribution < -0.4 is 10.6 Å². The van der Waals surface area contributed by atoms with Crippen LogP contribution in [0.3, 0.4) is 0 Å². The van der Waals surface area contributed by atoms with Crippen LogP contribution in [-0.4, -0.2) is 33.2 Å². The van der Waals surface area contributed by atoms with Gasteiger partial charge in [0, 0.05) is 18.0 Å². The molecular weight excluding hydrogens is 462 g/mol. The minimum atomic E-state index is 0.207. The normalized spacial score (nSPS) is 11.7. The first-order chi connectivity index (χ1) is 16.6. The van der Waals surface area contributed by atoms with E-state index in [-0.39, 0.29) is 12.5 Å². The van der Waals surface area contributed by atoms with Gasteiger partial charge in [-0.05, 0) is 55.3 Å². The zero-order valence-electron chi connectivity index (χ0n) is 20.7. The Bertz CT molecular complexity index is 1150. The maximum Gasteiger partial charge on any atom is 0.225 e. The Morgan fingerprint density at radius 3 is 2.53 bits per heavy atom. The molecule has 4 aromatic rings. The Kier molecular flexibility index (Phi) is 9.80. The summed E-state index contributed by atoms with van der Waals surface area (Å²) in [6, 6.07) is 10.3. The number of thiazole rings is 1. The molecule has 3 N–H and O–H groups in total. The van der Waals surface area contributed by atoms with Crippen LogP contribution in [0.15, 0.2) is 35.7 Å². The Hall–Kier alpha value is -2.55. The number of thiophene rings is 1. The number of para-hydroxylation sites is 1. The standard InChI is InChI=1S/C24H29N5OS2.C2H6/c1-4-17(13-30)9-10-25-22-21(23-28-19-7-5-6-8-20(19)32-23)16(3)27-24(29-22)26-12-18-11-15(2)14-31-18;1-2/h5-8,11,14,17,30H,4,9-10,12-13H2,1-3H3,(H2,25,26,27,29);1-2H3. The molecule has 0 bridgehead atoms. The molecule has 0 saturated heterocycles.